The molecule has 16 heavy (non-hydrogen) atoms. The fourth-order valence-electron chi connectivity index (χ4n) is 2.27. The standard InChI is InChI=1S/C13H28N2O/c1-11(2)15-7-4-5-13(6-8-15)14-9-12(3)10-16/h11-14,16H,4-10H2,1-3H3. The van der Waals surface area contributed by atoms with Crippen LogP contribution in [-0.2, 0) is 0 Å². The zero-order chi connectivity index (χ0) is 12.0. The molecule has 2 atom stereocenters. The first-order valence-electron chi connectivity index (χ1n) is 6.71. The summed E-state index contributed by atoms with van der Waals surface area (Å²) in [7, 11) is 0. The van der Waals surface area contributed by atoms with E-state index in [9.17, 15) is 0 Å². The molecule has 1 aliphatic heterocycles. The van der Waals surface area contributed by atoms with Crippen molar-refractivity contribution in [2.24, 2.45) is 5.92 Å². The third-order valence-electron chi connectivity index (χ3n) is 3.56. The second-order valence-corrected chi connectivity index (χ2v) is 5.45. The fourth-order valence-corrected chi connectivity index (χ4v) is 2.27. The summed E-state index contributed by atoms with van der Waals surface area (Å²) in [6.07, 6.45) is 3.82. The molecule has 2 unspecified atom stereocenters. The molecule has 3 heteroatoms. The Morgan fingerprint density at radius 1 is 1.25 bits per heavy atom. The molecule has 0 aromatic carbocycles. The van der Waals surface area contributed by atoms with E-state index in [0.29, 0.717) is 18.0 Å². The van der Waals surface area contributed by atoms with E-state index in [-0.39, 0.29) is 6.61 Å². The van der Waals surface area contributed by atoms with Crippen LogP contribution in [0.4, 0.5) is 0 Å². The van der Waals surface area contributed by atoms with Gasteiger partial charge in [-0.1, -0.05) is 6.92 Å². The van der Waals surface area contributed by atoms with Crippen molar-refractivity contribution in [3.63, 3.8) is 0 Å². The lowest BCUT2D eigenvalue weighted by Gasteiger charge is -2.24. The summed E-state index contributed by atoms with van der Waals surface area (Å²) in [5.41, 5.74) is 0. The van der Waals surface area contributed by atoms with Crippen LogP contribution in [0.5, 0.6) is 0 Å². The fraction of sp³-hybridized carbons (Fsp3) is 1.00. The highest BCUT2D eigenvalue weighted by molar-refractivity contribution is 4.76. The van der Waals surface area contributed by atoms with Gasteiger partial charge in [-0.15, -0.1) is 0 Å². The van der Waals surface area contributed by atoms with Crippen molar-refractivity contribution in [3.8, 4) is 0 Å². The molecule has 2 N–H and O–H groups in total. The smallest absolute Gasteiger partial charge is 0.0468 e. The Balaban J connectivity index is 2.25. The molecule has 0 radical (unpaired) electrons. The number of aliphatic hydroxyl groups is 1. The molecule has 0 aromatic heterocycles. The van der Waals surface area contributed by atoms with E-state index < -0.39 is 0 Å². The van der Waals surface area contributed by atoms with E-state index in [1.165, 1.54) is 32.4 Å². The van der Waals surface area contributed by atoms with Gasteiger partial charge in [0.15, 0.2) is 0 Å². The Morgan fingerprint density at radius 2 is 2.00 bits per heavy atom. The van der Waals surface area contributed by atoms with Gasteiger partial charge in [0.25, 0.3) is 0 Å². The summed E-state index contributed by atoms with van der Waals surface area (Å²) in [6, 6.07) is 1.33. The van der Waals surface area contributed by atoms with E-state index >= 15 is 0 Å². The van der Waals surface area contributed by atoms with Crippen LogP contribution >= 0.6 is 0 Å². The van der Waals surface area contributed by atoms with Crippen LogP contribution in [0.25, 0.3) is 0 Å². The van der Waals surface area contributed by atoms with Crippen LogP contribution in [0.15, 0.2) is 0 Å². The highest BCUT2D eigenvalue weighted by Crippen LogP contribution is 2.13. The maximum absolute atomic E-state index is 8.99. The molecule has 0 aliphatic carbocycles. The highest BCUT2D eigenvalue weighted by atomic mass is 16.3. The van der Waals surface area contributed by atoms with E-state index in [0.717, 1.165) is 6.54 Å². The van der Waals surface area contributed by atoms with Crippen molar-refractivity contribution < 1.29 is 5.11 Å². The van der Waals surface area contributed by atoms with Gasteiger partial charge in [0, 0.05) is 25.2 Å². The van der Waals surface area contributed by atoms with E-state index in [1.807, 2.05) is 0 Å². The molecule has 1 saturated heterocycles. The van der Waals surface area contributed by atoms with Crippen LogP contribution in [0.2, 0.25) is 0 Å². The lowest BCUT2D eigenvalue weighted by atomic mass is 10.1. The number of nitrogens with one attached hydrogen (secondary N) is 1. The third kappa shape index (κ3) is 4.81. The molecule has 1 heterocycles. The molecular formula is C13H28N2O. The summed E-state index contributed by atoms with van der Waals surface area (Å²) in [4.78, 5) is 2.57. The van der Waals surface area contributed by atoms with Crippen molar-refractivity contribution >= 4 is 0 Å². The Bertz CT molecular complexity index is 185. The molecular weight excluding hydrogens is 200 g/mol. The molecule has 1 rings (SSSR count). The number of likely N-dealkylation sites (tertiary alicyclic amines) is 1. The Kier molecular flexibility index (Phi) is 6.32. The van der Waals surface area contributed by atoms with Crippen LogP contribution in [0, 0.1) is 5.92 Å². The normalized spacial score (nSPS) is 25.7. The monoisotopic (exact) mass is 228 g/mol. The van der Waals surface area contributed by atoms with Crippen molar-refractivity contribution in [2.75, 3.05) is 26.2 Å². The minimum absolute atomic E-state index is 0.290. The van der Waals surface area contributed by atoms with Crippen LogP contribution < -0.4 is 5.32 Å². The number of aliphatic hydroxyl groups excluding tert-OH is 1. The molecule has 1 fully saturated rings. The minimum Gasteiger partial charge on any atom is -0.396 e. The van der Waals surface area contributed by atoms with E-state index in [2.05, 4.69) is 31.0 Å². The highest BCUT2D eigenvalue weighted by Gasteiger charge is 2.18. The second-order valence-electron chi connectivity index (χ2n) is 5.45. The van der Waals surface area contributed by atoms with Gasteiger partial charge in [-0.2, -0.15) is 0 Å². The number of hydrogen-bond donors (Lipinski definition) is 2. The van der Waals surface area contributed by atoms with Crippen LogP contribution in [0.3, 0.4) is 0 Å². The van der Waals surface area contributed by atoms with Crippen LogP contribution in [0.1, 0.15) is 40.0 Å². The van der Waals surface area contributed by atoms with Gasteiger partial charge in [0.1, 0.15) is 0 Å². The summed E-state index contributed by atoms with van der Waals surface area (Å²) in [6.45, 7) is 10.3. The molecule has 0 saturated carbocycles. The van der Waals surface area contributed by atoms with Crippen molar-refractivity contribution in [2.45, 2.75) is 52.1 Å². The number of nitrogens with zero attached hydrogens (tertiary/aromatic N) is 1. The Labute approximate surface area is 100 Å². The zero-order valence-electron chi connectivity index (χ0n) is 11.1. The van der Waals surface area contributed by atoms with Gasteiger partial charge in [-0.3, -0.25) is 0 Å². The van der Waals surface area contributed by atoms with Crippen molar-refractivity contribution in [1.82, 2.24) is 10.2 Å². The summed E-state index contributed by atoms with van der Waals surface area (Å²) < 4.78 is 0. The zero-order valence-corrected chi connectivity index (χ0v) is 11.1. The van der Waals surface area contributed by atoms with E-state index in [4.69, 9.17) is 5.11 Å². The molecule has 0 aromatic rings. The Hall–Kier alpha value is -0.120. The van der Waals surface area contributed by atoms with Gasteiger partial charge in [-0.25, -0.2) is 0 Å². The quantitative estimate of drug-likeness (QED) is 0.748. The predicted molar refractivity (Wildman–Crippen MR) is 68.6 cm³/mol. The van der Waals surface area contributed by atoms with Gasteiger partial charge in [-0.05, 0) is 52.1 Å². The molecule has 0 spiro atoms. The lowest BCUT2D eigenvalue weighted by molar-refractivity contribution is 0.221. The maximum Gasteiger partial charge on any atom is 0.0468 e. The number of rotatable bonds is 5. The first-order valence-corrected chi connectivity index (χ1v) is 6.71. The number of hydrogen-bond acceptors (Lipinski definition) is 3. The first kappa shape index (κ1) is 13.9. The first-order chi connectivity index (χ1) is 7.63. The van der Waals surface area contributed by atoms with Gasteiger partial charge in [0.05, 0.1) is 0 Å². The second kappa shape index (κ2) is 7.25. The summed E-state index contributed by atoms with van der Waals surface area (Å²) in [5, 5.41) is 12.6. The average molecular weight is 228 g/mol. The molecule has 96 valence electrons. The molecule has 1 aliphatic rings. The minimum atomic E-state index is 0.290. The average Bonchev–Trinajstić information content (AvgIpc) is 2.51. The van der Waals surface area contributed by atoms with Gasteiger partial charge < -0.3 is 15.3 Å². The lowest BCUT2D eigenvalue weighted by Crippen LogP contribution is -2.36. The van der Waals surface area contributed by atoms with Gasteiger partial charge in [0.2, 0.25) is 0 Å². The maximum atomic E-state index is 8.99. The van der Waals surface area contributed by atoms with E-state index in [1.54, 1.807) is 0 Å². The Morgan fingerprint density at radius 3 is 2.62 bits per heavy atom. The molecule has 0 bridgehead atoms. The summed E-state index contributed by atoms with van der Waals surface area (Å²) >= 11 is 0. The molecule has 3 nitrogen and oxygen atoms in total. The van der Waals surface area contributed by atoms with Gasteiger partial charge >= 0.3 is 0 Å². The largest absolute Gasteiger partial charge is 0.396 e. The van der Waals surface area contributed by atoms with Crippen LogP contribution in [-0.4, -0.2) is 48.3 Å². The van der Waals surface area contributed by atoms with Crippen molar-refractivity contribution in [3.05, 3.63) is 0 Å². The van der Waals surface area contributed by atoms with Crippen molar-refractivity contribution in [1.29, 1.82) is 0 Å². The molecule has 0 amide bonds. The predicted octanol–water partition coefficient (Wildman–Crippen LogP) is 1.47. The third-order valence-corrected chi connectivity index (χ3v) is 3.56. The summed E-state index contributed by atoms with van der Waals surface area (Å²) in [5.74, 6) is 0.379. The topological polar surface area (TPSA) is 35.5 Å². The SMILES string of the molecule is CC(CO)CNC1CCCN(C(C)C)CC1.